The van der Waals surface area contributed by atoms with Gasteiger partial charge in [0.1, 0.15) is 11.4 Å². The molecule has 0 aliphatic rings. The number of aromatic nitrogens is 1. The molecule has 0 saturated carbocycles. The zero-order chi connectivity index (χ0) is 22.9. The van der Waals surface area contributed by atoms with Crippen molar-refractivity contribution >= 4 is 46.2 Å². The molecule has 1 unspecified atom stereocenters. The maximum absolute atomic E-state index is 13.7. The minimum absolute atomic E-state index is 0.000342. The summed E-state index contributed by atoms with van der Waals surface area (Å²) < 4.78 is 47.3. The van der Waals surface area contributed by atoms with Crippen molar-refractivity contribution in [2.45, 2.75) is 25.7 Å². The maximum atomic E-state index is 13.7. The second-order valence-electron chi connectivity index (χ2n) is 6.51. The molecule has 0 saturated heterocycles. The molecule has 31 heavy (non-hydrogen) atoms. The molecule has 6 nitrogen and oxygen atoms in total. The quantitative estimate of drug-likeness (QED) is 0.348. The molecule has 11 heteroatoms. The monoisotopic (exact) mass is 474 g/mol. The van der Waals surface area contributed by atoms with Crippen molar-refractivity contribution in [3.05, 3.63) is 63.8 Å². The molecule has 3 rings (SSSR count). The van der Waals surface area contributed by atoms with Crippen LogP contribution in [0.1, 0.15) is 29.0 Å². The second-order valence-corrected chi connectivity index (χ2v) is 7.39. The topological polar surface area (TPSA) is 80.6 Å². The van der Waals surface area contributed by atoms with Crippen LogP contribution in [0.2, 0.25) is 10.0 Å². The van der Waals surface area contributed by atoms with Crippen LogP contribution in [-0.2, 0) is 6.54 Å². The Morgan fingerprint density at radius 2 is 1.77 bits per heavy atom. The molecule has 3 aromatic rings. The lowest BCUT2D eigenvalue weighted by Gasteiger charge is -2.23. The first kappa shape index (κ1) is 22.8. The highest BCUT2D eigenvalue weighted by Gasteiger charge is 2.42. The lowest BCUT2D eigenvalue weighted by atomic mass is 10.1. The number of aryl methyl sites for hydroxylation is 1. The van der Waals surface area contributed by atoms with Crippen LogP contribution in [0.25, 0.3) is 10.9 Å². The molecule has 2 aromatic carbocycles. The van der Waals surface area contributed by atoms with Crippen LogP contribution >= 0.6 is 23.2 Å². The van der Waals surface area contributed by atoms with Gasteiger partial charge in [-0.3, -0.25) is 4.79 Å². The minimum Gasteiger partial charge on any atom is -0.449 e. The van der Waals surface area contributed by atoms with Gasteiger partial charge in [0.15, 0.2) is 6.04 Å². The fourth-order valence-corrected chi connectivity index (χ4v) is 3.79. The molecule has 164 valence electrons. The lowest BCUT2D eigenvalue weighted by molar-refractivity contribution is -0.155. The van der Waals surface area contributed by atoms with E-state index < -0.39 is 24.3 Å². The van der Waals surface area contributed by atoms with Gasteiger partial charge in [0.25, 0.3) is 5.91 Å². The molecule has 0 aliphatic carbocycles. The van der Waals surface area contributed by atoms with E-state index in [1.807, 2.05) is 5.32 Å². The largest absolute Gasteiger partial charge is 0.511 e. The zero-order valence-electron chi connectivity index (χ0n) is 15.8. The van der Waals surface area contributed by atoms with Crippen molar-refractivity contribution in [1.29, 1.82) is 0 Å². The van der Waals surface area contributed by atoms with E-state index >= 15 is 0 Å². The Morgan fingerprint density at radius 1 is 1.13 bits per heavy atom. The molecule has 0 bridgehead atoms. The van der Waals surface area contributed by atoms with Gasteiger partial charge in [-0.1, -0.05) is 23.2 Å². The van der Waals surface area contributed by atoms with Crippen LogP contribution in [-0.4, -0.2) is 27.9 Å². The van der Waals surface area contributed by atoms with E-state index in [1.165, 1.54) is 34.9 Å². The first-order chi connectivity index (χ1) is 14.5. The predicted molar refractivity (Wildman–Crippen MR) is 109 cm³/mol. The number of carbonyl (C=O) groups is 2. The number of amides is 1. The third kappa shape index (κ3) is 5.05. The van der Waals surface area contributed by atoms with E-state index in [2.05, 4.69) is 4.74 Å². The summed E-state index contributed by atoms with van der Waals surface area (Å²) in [6.45, 7) is 2.00. The number of nitrogens with zero attached hydrogens (tertiary/aromatic N) is 1. The summed E-state index contributed by atoms with van der Waals surface area (Å²) in [5.74, 6) is -0.959. The number of fused-ring (bicyclic) bond motifs is 1. The van der Waals surface area contributed by atoms with Gasteiger partial charge in [-0.2, -0.15) is 13.2 Å². The van der Waals surface area contributed by atoms with Crippen molar-refractivity contribution in [2.24, 2.45) is 0 Å². The zero-order valence-corrected chi connectivity index (χ0v) is 17.3. The van der Waals surface area contributed by atoms with Crippen molar-refractivity contribution in [1.82, 2.24) is 9.88 Å². The number of rotatable bonds is 5. The van der Waals surface area contributed by atoms with Gasteiger partial charge in [0, 0.05) is 27.5 Å². The van der Waals surface area contributed by atoms with Gasteiger partial charge in [-0.15, -0.1) is 0 Å². The van der Waals surface area contributed by atoms with Crippen molar-refractivity contribution in [2.75, 3.05) is 0 Å². The van der Waals surface area contributed by atoms with E-state index in [1.54, 1.807) is 6.92 Å². The number of hydrogen-bond acceptors (Lipinski definition) is 3. The summed E-state index contributed by atoms with van der Waals surface area (Å²) in [5, 5.41) is 11.2. The van der Waals surface area contributed by atoms with Crippen LogP contribution < -0.4 is 10.1 Å². The molecular formula is C20H15Cl2F3N2O4. The van der Waals surface area contributed by atoms with Gasteiger partial charge < -0.3 is 19.7 Å². The molecule has 1 amide bonds. The SMILES string of the molecule is CCn1c(C(=O)NC(c2cc(Cl)cc(Cl)c2)C(F)(F)F)cc2cc(OC(=O)O)ccc21. The highest BCUT2D eigenvalue weighted by molar-refractivity contribution is 6.34. The van der Waals surface area contributed by atoms with E-state index in [4.69, 9.17) is 28.3 Å². The number of ether oxygens (including phenoxy) is 1. The summed E-state index contributed by atoms with van der Waals surface area (Å²) in [4.78, 5) is 23.6. The average molecular weight is 475 g/mol. The Bertz CT molecular complexity index is 1140. The molecular weight excluding hydrogens is 460 g/mol. The molecule has 0 aliphatic heterocycles. The minimum atomic E-state index is -4.81. The summed E-state index contributed by atoms with van der Waals surface area (Å²) in [7, 11) is 0. The number of hydrogen-bond donors (Lipinski definition) is 2. The van der Waals surface area contributed by atoms with Gasteiger partial charge in [0.05, 0.1) is 0 Å². The van der Waals surface area contributed by atoms with Crippen LogP contribution in [0, 0.1) is 0 Å². The summed E-state index contributed by atoms with van der Waals surface area (Å²) in [5.41, 5.74) is 0.182. The number of nitrogens with one attached hydrogen (secondary N) is 1. The molecule has 1 atom stereocenters. The maximum Gasteiger partial charge on any atom is 0.511 e. The van der Waals surface area contributed by atoms with Gasteiger partial charge in [-0.05, 0) is 55.0 Å². The number of carboxylic acid groups (broad SMARTS) is 1. The van der Waals surface area contributed by atoms with Crippen LogP contribution in [0.3, 0.4) is 0 Å². The Hall–Kier alpha value is -2.91. The fourth-order valence-electron chi connectivity index (χ4n) is 3.24. The summed E-state index contributed by atoms with van der Waals surface area (Å²) >= 11 is 11.7. The summed E-state index contributed by atoms with van der Waals surface area (Å²) in [6.07, 6.45) is -6.32. The third-order valence-corrected chi connectivity index (χ3v) is 4.88. The highest BCUT2D eigenvalue weighted by Crippen LogP contribution is 2.36. The van der Waals surface area contributed by atoms with Crippen molar-refractivity contribution in [3.63, 3.8) is 0 Å². The number of benzene rings is 2. The smallest absolute Gasteiger partial charge is 0.449 e. The standard InChI is InChI=1S/C20H15Cl2F3N2O4/c1-2-27-15-4-3-14(31-19(29)30)7-10(15)8-16(27)18(28)26-17(20(23,24)25)11-5-12(21)9-13(22)6-11/h3-9,17H,2H2,1H3,(H,26,28)(H,29,30). The molecule has 2 N–H and O–H groups in total. The normalized spacial score (nSPS) is 12.6. The van der Waals surface area contributed by atoms with Crippen molar-refractivity contribution < 1.29 is 32.6 Å². The molecule has 0 spiro atoms. The third-order valence-electron chi connectivity index (χ3n) is 4.45. The van der Waals surface area contributed by atoms with E-state index in [0.717, 1.165) is 12.1 Å². The molecule has 0 radical (unpaired) electrons. The fraction of sp³-hybridized carbons (Fsp3) is 0.200. The van der Waals surface area contributed by atoms with Gasteiger partial charge >= 0.3 is 12.3 Å². The Labute approximate surface area is 184 Å². The molecule has 1 aromatic heterocycles. The van der Waals surface area contributed by atoms with Crippen LogP contribution in [0.5, 0.6) is 5.75 Å². The van der Waals surface area contributed by atoms with Crippen LogP contribution in [0.4, 0.5) is 18.0 Å². The van der Waals surface area contributed by atoms with E-state index in [0.29, 0.717) is 10.9 Å². The first-order valence-electron chi connectivity index (χ1n) is 8.87. The first-order valence-corrected chi connectivity index (χ1v) is 9.62. The number of alkyl halides is 3. The van der Waals surface area contributed by atoms with Gasteiger partial charge in [-0.25, -0.2) is 4.79 Å². The predicted octanol–water partition coefficient (Wildman–Crippen LogP) is 6.06. The Balaban J connectivity index is 2.00. The lowest BCUT2D eigenvalue weighted by Crippen LogP contribution is -2.38. The molecule has 1 heterocycles. The number of halogens is 5. The van der Waals surface area contributed by atoms with E-state index in [-0.39, 0.29) is 33.6 Å². The van der Waals surface area contributed by atoms with Crippen molar-refractivity contribution in [3.8, 4) is 5.75 Å². The van der Waals surface area contributed by atoms with Crippen LogP contribution in [0.15, 0.2) is 42.5 Å². The second kappa shape index (κ2) is 8.68. The average Bonchev–Trinajstić information content (AvgIpc) is 3.01. The van der Waals surface area contributed by atoms with E-state index in [9.17, 15) is 22.8 Å². The molecule has 0 fully saturated rings. The highest BCUT2D eigenvalue weighted by atomic mass is 35.5. The Kier molecular flexibility index (Phi) is 6.38. The Morgan fingerprint density at radius 3 is 2.32 bits per heavy atom. The number of carbonyl (C=O) groups excluding carboxylic acids is 1. The van der Waals surface area contributed by atoms with Gasteiger partial charge in [0.2, 0.25) is 0 Å². The summed E-state index contributed by atoms with van der Waals surface area (Å²) in [6, 6.07) is 6.75.